The number of aromatic carboxylic acids is 1. The van der Waals surface area contributed by atoms with Crippen LogP contribution in [0.3, 0.4) is 0 Å². The van der Waals surface area contributed by atoms with Gasteiger partial charge in [0, 0.05) is 22.8 Å². The van der Waals surface area contributed by atoms with Gasteiger partial charge >= 0.3 is 5.97 Å². The maximum Gasteiger partial charge on any atom is 0.346 e. The lowest BCUT2D eigenvalue weighted by atomic mass is 9.88. The summed E-state index contributed by atoms with van der Waals surface area (Å²) >= 11 is 1.17. The maximum absolute atomic E-state index is 13.3. The Morgan fingerprint density at radius 1 is 1.15 bits per heavy atom. The number of fused-ring (bicyclic) bond motifs is 1. The van der Waals surface area contributed by atoms with Crippen LogP contribution in [0.4, 0.5) is 10.1 Å². The van der Waals surface area contributed by atoms with E-state index >= 15 is 0 Å². The molecule has 1 aliphatic rings. The summed E-state index contributed by atoms with van der Waals surface area (Å²) in [5, 5.41) is 12.6. The van der Waals surface area contributed by atoms with Crippen LogP contribution in [0.2, 0.25) is 0 Å². The molecule has 1 amide bonds. The fraction of sp³-hybridized carbons (Fsp3) is 0.143. The number of benzene rings is 2. The second-order valence-corrected chi connectivity index (χ2v) is 7.63. The Bertz CT molecular complexity index is 1040. The van der Waals surface area contributed by atoms with Crippen molar-refractivity contribution in [3.63, 3.8) is 0 Å². The zero-order chi connectivity index (χ0) is 19.1. The summed E-state index contributed by atoms with van der Waals surface area (Å²) in [4.78, 5) is 25.2. The quantitative estimate of drug-likeness (QED) is 0.668. The number of halogens is 1. The Balaban J connectivity index is 1.92. The number of hydrogen-bond acceptors (Lipinski definition) is 3. The van der Waals surface area contributed by atoms with Crippen LogP contribution < -0.4 is 5.32 Å². The minimum absolute atomic E-state index is 0.144. The third-order valence-electron chi connectivity index (χ3n) is 4.71. The number of thiophene rings is 1. The van der Waals surface area contributed by atoms with E-state index in [1.807, 2.05) is 31.2 Å². The SMILES string of the molecule is Cc1ccc([C@@H]2CC(=O)Nc3c2sc(C(=O)O)c3-c2ccc(F)cc2)cc1. The first-order valence-corrected chi connectivity index (χ1v) is 9.28. The van der Waals surface area contributed by atoms with E-state index in [0.29, 0.717) is 16.8 Å². The monoisotopic (exact) mass is 381 g/mol. The normalized spacial score (nSPS) is 15.9. The molecule has 3 aromatic rings. The van der Waals surface area contributed by atoms with E-state index in [9.17, 15) is 19.1 Å². The van der Waals surface area contributed by atoms with Gasteiger partial charge in [-0.1, -0.05) is 42.0 Å². The van der Waals surface area contributed by atoms with E-state index < -0.39 is 11.8 Å². The maximum atomic E-state index is 13.3. The van der Waals surface area contributed by atoms with E-state index in [1.165, 1.54) is 35.6 Å². The molecule has 4 rings (SSSR count). The Hall–Kier alpha value is -2.99. The van der Waals surface area contributed by atoms with Crippen molar-refractivity contribution in [2.75, 3.05) is 5.32 Å². The van der Waals surface area contributed by atoms with Gasteiger partial charge in [0.2, 0.25) is 5.91 Å². The molecular weight excluding hydrogens is 365 g/mol. The summed E-state index contributed by atoms with van der Waals surface area (Å²) in [7, 11) is 0. The molecule has 27 heavy (non-hydrogen) atoms. The molecule has 2 aromatic carbocycles. The number of nitrogens with one attached hydrogen (secondary N) is 1. The summed E-state index contributed by atoms with van der Waals surface area (Å²) in [6, 6.07) is 13.5. The van der Waals surface area contributed by atoms with E-state index in [4.69, 9.17) is 0 Å². The predicted molar refractivity (Wildman–Crippen MR) is 103 cm³/mol. The minimum atomic E-state index is -1.06. The number of amides is 1. The Kier molecular flexibility index (Phi) is 4.28. The lowest BCUT2D eigenvalue weighted by Gasteiger charge is -2.24. The first-order chi connectivity index (χ1) is 12.9. The molecule has 1 aromatic heterocycles. The summed E-state index contributed by atoms with van der Waals surface area (Å²) in [5.41, 5.74) is 3.61. The van der Waals surface area contributed by atoms with Gasteiger partial charge in [-0.05, 0) is 30.2 Å². The molecule has 2 heterocycles. The topological polar surface area (TPSA) is 66.4 Å². The molecule has 0 unspecified atom stereocenters. The molecule has 6 heteroatoms. The molecule has 0 bridgehead atoms. The molecule has 0 fully saturated rings. The minimum Gasteiger partial charge on any atom is -0.477 e. The number of carbonyl (C=O) groups is 2. The van der Waals surface area contributed by atoms with E-state index in [1.54, 1.807) is 0 Å². The molecule has 2 N–H and O–H groups in total. The third-order valence-corrected chi connectivity index (χ3v) is 6.00. The van der Waals surface area contributed by atoms with E-state index in [2.05, 4.69) is 5.32 Å². The van der Waals surface area contributed by atoms with Crippen LogP contribution in [-0.2, 0) is 4.79 Å². The second-order valence-electron chi connectivity index (χ2n) is 6.57. The first kappa shape index (κ1) is 17.4. The highest BCUT2D eigenvalue weighted by Crippen LogP contribution is 2.49. The zero-order valence-electron chi connectivity index (χ0n) is 14.5. The van der Waals surface area contributed by atoms with Gasteiger partial charge < -0.3 is 10.4 Å². The van der Waals surface area contributed by atoms with Crippen molar-refractivity contribution < 1.29 is 19.1 Å². The Morgan fingerprint density at radius 2 is 1.81 bits per heavy atom. The van der Waals surface area contributed by atoms with Crippen LogP contribution in [0.25, 0.3) is 11.1 Å². The highest BCUT2D eigenvalue weighted by atomic mass is 32.1. The van der Waals surface area contributed by atoms with E-state index in [-0.39, 0.29) is 23.1 Å². The Morgan fingerprint density at radius 3 is 2.44 bits per heavy atom. The predicted octanol–water partition coefficient (Wildman–Crippen LogP) is 5.03. The van der Waals surface area contributed by atoms with Gasteiger partial charge in [-0.3, -0.25) is 4.79 Å². The van der Waals surface area contributed by atoms with Crippen LogP contribution in [-0.4, -0.2) is 17.0 Å². The number of anilines is 1. The number of carboxylic acids is 1. The number of carboxylic acid groups (broad SMARTS) is 1. The molecule has 0 radical (unpaired) electrons. The summed E-state index contributed by atoms with van der Waals surface area (Å²) in [5.74, 6) is -1.83. The molecule has 0 aliphatic carbocycles. The van der Waals surface area contributed by atoms with Crippen molar-refractivity contribution in [1.29, 1.82) is 0 Å². The van der Waals surface area contributed by atoms with Crippen LogP contribution in [0.15, 0.2) is 48.5 Å². The molecule has 1 atom stereocenters. The van der Waals surface area contributed by atoms with Crippen molar-refractivity contribution in [2.24, 2.45) is 0 Å². The van der Waals surface area contributed by atoms with Gasteiger partial charge in [0.05, 0.1) is 5.69 Å². The zero-order valence-corrected chi connectivity index (χ0v) is 15.3. The fourth-order valence-electron chi connectivity index (χ4n) is 3.40. The number of hydrogen-bond donors (Lipinski definition) is 2. The number of aryl methyl sites for hydroxylation is 1. The summed E-state index contributed by atoms with van der Waals surface area (Å²) in [6.45, 7) is 1.99. The molecule has 4 nitrogen and oxygen atoms in total. The molecule has 1 aliphatic heterocycles. The lowest BCUT2D eigenvalue weighted by Crippen LogP contribution is -2.22. The van der Waals surface area contributed by atoms with Crippen LogP contribution >= 0.6 is 11.3 Å². The molecular formula is C21H16FNO3S. The molecule has 0 saturated carbocycles. The molecule has 0 spiro atoms. The number of rotatable bonds is 3. The standard InChI is InChI=1S/C21H16FNO3S/c1-11-2-4-12(5-3-11)15-10-16(24)23-18-17(13-6-8-14(22)9-7-13)20(21(25)26)27-19(15)18/h2-9,15H,10H2,1H3,(H,23,24)(H,25,26)/t15-/m0/s1. The highest BCUT2D eigenvalue weighted by molar-refractivity contribution is 7.15. The van der Waals surface area contributed by atoms with Gasteiger partial charge in [0.1, 0.15) is 10.7 Å². The highest BCUT2D eigenvalue weighted by Gasteiger charge is 2.34. The van der Waals surface area contributed by atoms with Crippen molar-refractivity contribution in [1.82, 2.24) is 0 Å². The van der Waals surface area contributed by atoms with Crippen molar-refractivity contribution in [2.45, 2.75) is 19.3 Å². The van der Waals surface area contributed by atoms with Crippen molar-refractivity contribution in [3.8, 4) is 11.1 Å². The van der Waals surface area contributed by atoms with Crippen molar-refractivity contribution >= 4 is 28.9 Å². The molecule has 0 saturated heterocycles. The summed E-state index contributed by atoms with van der Waals surface area (Å²) in [6.07, 6.45) is 0.262. The smallest absolute Gasteiger partial charge is 0.346 e. The lowest BCUT2D eigenvalue weighted by molar-refractivity contribution is -0.116. The summed E-state index contributed by atoms with van der Waals surface area (Å²) < 4.78 is 13.3. The van der Waals surface area contributed by atoms with Gasteiger partial charge in [0.25, 0.3) is 0 Å². The first-order valence-electron chi connectivity index (χ1n) is 8.46. The van der Waals surface area contributed by atoms with Gasteiger partial charge in [-0.2, -0.15) is 0 Å². The fourth-order valence-corrected chi connectivity index (χ4v) is 4.64. The average Bonchev–Trinajstić information content (AvgIpc) is 3.02. The van der Waals surface area contributed by atoms with Crippen molar-refractivity contribution in [3.05, 3.63) is 75.2 Å². The van der Waals surface area contributed by atoms with Gasteiger partial charge in [0.15, 0.2) is 0 Å². The van der Waals surface area contributed by atoms with Gasteiger partial charge in [-0.25, -0.2) is 9.18 Å². The van der Waals surface area contributed by atoms with Crippen LogP contribution in [0.1, 0.15) is 38.0 Å². The van der Waals surface area contributed by atoms with Gasteiger partial charge in [-0.15, -0.1) is 11.3 Å². The molecule has 136 valence electrons. The van der Waals surface area contributed by atoms with E-state index in [0.717, 1.165) is 16.0 Å². The largest absolute Gasteiger partial charge is 0.477 e. The number of carbonyl (C=O) groups excluding carboxylic acids is 1. The van der Waals surface area contributed by atoms with Crippen LogP contribution in [0, 0.1) is 12.7 Å². The van der Waals surface area contributed by atoms with Crippen LogP contribution in [0.5, 0.6) is 0 Å². The Labute approximate surface area is 159 Å². The average molecular weight is 381 g/mol. The second kappa shape index (κ2) is 6.63. The third kappa shape index (κ3) is 3.13.